The Morgan fingerprint density at radius 2 is 2.21 bits per heavy atom. The van der Waals surface area contributed by atoms with Crippen molar-refractivity contribution < 1.29 is 9.53 Å². The molecule has 1 aliphatic carbocycles. The summed E-state index contributed by atoms with van der Waals surface area (Å²) in [6.07, 6.45) is 2.77. The van der Waals surface area contributed by atoms with Gasteiger partial charge in [-0.3, -0.25) is 4.79 Å². The van der Waals surface area contributed by atoms with E-state index in [4.69, 9.17) is 4.74 Å². The second-order valence-electron chi connectivity index (χ2n) is 5.43. The van der Waals surface area contributed by atoms with Gasteiger partial charge in [-0.2, -0.15) is 0 Å². The van der Waals surface area contributed by atoms with Gasteiger partial charge < -0.3 is 15.4 Å². The van der Waals surface area contributed by atoms with Crippen molar-refractivity contribution in [1.82, 2.24) is 5.32 Å². The number of amides is 1. The van der Waals surface area contributed by atoms with E-state index in [2.05, 4.69) is 22.8 Å². The SMILES string of the molecule is CC(OC1CNc2ccccc2C1)C(=O)NC1CC1. The zero-order valence-electron chi connectivity index (χ0n) is 11.2. The first kappa shape index (κ1) is 12.5. The third kappa shape index (κ3) is 3.07. The molecular formula is C15H20N2O2. The highest BCUT2D eigenvalue weighted by molar-refractivity contribution is 5.80. The Hall–Kier alpha value is -1.55. The first-order valence-electron chi connectivity index (χ1n) is 7.00. The largest absolute Gasteiger partial charge is 0.382 e. The number of hydrogen-bond acceptors (Lipinski definition) is 3. The van der Waals surface area contributed by atoms with Gasteiger partial charge in [-0.25, -0.2) is 0 Å². The summed E-state index contributed by atoms with van der Waals surface area (Å²) < 4.78 is 5.86. The molecule has 1 heterocycles. The molecule has 0 spiro atoms. The van der Waals surface area contributed by atoms with Crippen molar-refractivity contribution in [2.45, 2.75) is 44.4 Å². The Kier molecular flexibility index (Phi) is 3.42. The Bertz CT molecular complexity index is 471. The summed E-state index contributed by atoms with van der Waals surface area (Å²) in [5.74, 6) is 0.0151. The van der Waals surface area contributed by atoms with Crippen LogP contribution in [0.25, 0.3) is 0 Å². The van der Waals surface area contributed by atoms with Gasteiger partial charge in [0.2, 0.25) is 5.91 Å². The van der Waals surface area contributed by atoms with Gasteiger partial charge >= 0.3 is 0 Å². The number of fused-ring (bicyclic) bond motifs is 1. The average molecular weight is 260 g/mol. The summed E-state index contributed by atoms with van der Waals surface area (Å²) in [7, 11) is 0. The van der Waals surface area contributed by atoms with Crippen molar-refractivity contribution in [3.63, 3.8) is 0 Å². The molecule has 0 aromatic heterocycles. The van der Waals surface area contributed by atoms with Gasteiger partial charge in [0.05, 0.1) is 6.10 Å². The Morgan fingerprint density at radius 3 is 3.00 bits per heavy atom. The van der Waals surface area contributed by atoms with E-state index in [1.54, 1.807) is 0 Å². The van der Waals surface area contributed by atoms with Crippen molar-refractivity contribution in [1.29, 1.82) is 0 Å². The molecule has 2 unspecified atom stereocenters. The standard InChI is InChI=1S/C15H20N2O2/c1-10(15(18)17-12-6-7-12)19-13-8-11-4-2-3-5-14(11)16-9-13/h2-5,10,12-13,16H,6-9H2,1H3,(H,17,18). The molecule has 2 aliphatic rings. The molecule has 1 saturated carbocycles. The van der Waals surface area contributed by atoms with Crippen molar-refractivity contribution in [2.24, 2.45) is 0 Å². The normalized spacial score (nSPS) is 23.1. The van der Waals surface area contributed by atoms with Gasteiger partial charge in [0, 0.05) is 24.7 Å². The molecule has 0 bridgehead atoms. The maximum Gasteiger partial charge on any atom is 0.249 e. The van der Waals surface area contributed by atoms with Crippen molar-refractivity contribution in [2.75, 3.05) is 11.9 Å². The predicted molar refractivity (Wildman–Crippen MR) is 74.1 cm³/mol. The maximum absolute atomic E-state index is 11.9. The van der Waals surface area contributed by atoms with Crippen molar-refractivity contribution >= 4 is 11.6 Å². The summed E-state index contributed by atoms with van der Waals surface area (Å²) in [5.41, 5.74) is 2.44. The lowest BCUT2D eigenvalue weighted by Gasteiger charge is -2.28. The van der Waals surface area contributed by atoms with Crippen LogP contribution in [0.4, 0.5) is 5.69 Å². The van der Waals surface area contributed by atoms with Crippen LogP contribution in [0.2, 0.25) is 0 Å². The molecule has 1 aromatic carbocycles. The smallest absolute Gasteiger partial charge is 0.249 e. The van der Waals surface area contributed by atoms with E-state index in [1.165, 1.54) is 11.3 Å². The van der Waals surface area contributed by atoms with Gasteiger partial charge in [0.15, 0.2) is 0 Å². The Balaban J connectivity index is 1.54. The topological polar surface area (TPSA) is 50.4 Å². The van der Waals surface area contributed by atoms with Crippen molar-refractivity contribution in [3.8, 4) is 0 Å². The molecular weight excluding hydrogens is 240 g/mol. The summed E-state index contributed by atoms with van der Waals surface area (Å²) in [6.45, 7) is 2.59. The molecule has 2 N–H and O–H groups in total. The lowest BCUT2D eigenvalue weighted by atomic mass is 10.0. The molecule has 4 nitrogen and oxygen atoms in total. The number of carbonyl (C=O) groups is 1. The zero-order chi connectivity index (χ0) is 13.2. The number of hydrogen-bond donors (Lipinski definition) is 2. The second kappa shape index (κ2) is 5.21. The van der Waals surface area contributed by atoms with E-state index >= 15 is 0 Å². The first-order chi connectivity index (χ1) is 9.22. The van der Waals surface area contributed by atoms with Gasteiger partial charge in [-0.15, -0.1) is 0 Å². The Morgan fingerprint density at radius 1 is 1.42 bits per heavy atom. The molecule has 2 atom stereocenters. The fraction of sp³-hybridized carbons (Fsp3) is 0.533. The lowest BCUT2D eigenvalue weighted by molar-refractivity contribution is -0.135. The minimum Gasteiger partial charge on any atom is -0.382 e. The molecule has 0 saturated heterocycles. The van der Waals surface area contributed by atoms with E-state index in [-0.39, 0.29) is 18.1 Å². The van der Waals surface area contributed by atoms with Gasteiger partial charge in [-0.1, -0.05) is 18.2 Å². The van der Waals surface area contributed by atoms with Gasteiger partial charge in [-0.05, 0) is 31.4 Å². The van der Waals surface area contributed by atoms with Crippen LogP contribution >= 0.6 is 0 Å². The first-order valence-corrected chi connectivity index (χ1v) is 7.00. The van der Waals surface area contributed by atoms with Gasteiger partial charge in [0.25, 0.3) is 0 Å². The Labute approximate surface area is 113 Å². The highest BCUT2D eigenvalue weighted by Crippen LogP contribution is 2.23. The number of benzene rings is 1. The molecule has 3 rings (SSSR count). The van der Waals surface area contributed by atoms with Crippen LogP contribution in [-0.4, -0.2) is 30.7 Å². The lowest BCUT2D eigenvalue weighted by Crippen LogP contribution is -2.41. The second-order valence-corrected chi connectivity index (χ2v) is 5.43. The molecule has 1 aromatic rings. The molecule has 1 aliphatic heterocycles. The highest BCUT2D eigenvalue weighted by Gasteiger charge is 2.28. The van der Waals surface area contributed by atoms with E-state index in [9.17, 15) is 4.79 Å². The van der Waals surface area contributed by atoms with Crippen LogP contribution in [0.3, 0.4) is 0 Å². The monoisotopic (exact) mass is 260 g/mol. The number of ether oxygens (including phenoxy) is 1. The molecule has 1 amide bonds. The van der Waals surface area contributed by atoms with Crippen LogP contribution in [0.1, 0.15) is 25.3 Å². The number of rotatable bonds is 4. The minimum absolute atomic E-state index is 0.0151. The number of carbonyl (C=O) groups excluding carboxylic acids is 1. The van der Waals surface area contributed by atoms with Crippen LogP contribution in [0, 0.1) is 0 Å². The predicted octanol–water partition coefficient (Wildman–Crippen LogP) is 1.71. The minimum atomic E-state index is -0.377. The molecule has 4 heteroatoms. The van der Waals surface area contributed by atoms with E-state index in [1.807, 2.05) is 19.1 Å². The quantitative estimate of drug-likeness (QED) is 0.866. The highest BCUT2D eigenvalue weighted by atomic mass is 16.5. The third-order valence-electron chi connectivity index (χ3n) is 3.67. The summed E-state index contributed by atoms with van der Waals surface area (Å²) in [4.78, 5) is 11.9. The average Bonchev–Trinajstić information content (AvgIpc) is 3.22. The number of anilines is 1. The molecule has 0 radical (unpaired) electrons. The number of para-hydroxylation sites is 1. The fourth-order valence-corrected chi connectivity index (χ4v) is 2.40. The summed E-state index contributed by atoms with van der Waals surface area (Å²) >= 11 is 0. The fourth-order valence-electron chi connectivity index (χ4n) is 2.40. The van der Waals surface area contributed by atoms with Crippen LogP contribution in [-0.2, 0) is 16.0 Å². The van der Waals surface area contributed by atoms with E-state index in [0.29, 0.717) is 6.04 Å². The van der Waals surface area contributed by atoms with E-state index < -0.39 is 0 Å². The molecule has 102 valence electrons. The van der Waals surface area contributed by atoms with Crippen LogP contribution < -0.4 is 10.6 Å². The van der Waals surface area contributed by atoms with Crippen LogP contribution in [0.5, 0.6) is 0 Å². The number of nitrogens with one attached hydrogen (secondary N) is 2. The third-order valence-corrected chi connectivity index (χ3v) is 3.67. The molecule has 19 heavy (non-hydrogen) atoms. The van der Waals surface area contributed by atoms with E-state index in [0.717, 1.165) is 25.8 Å². The zero-order valence-corrected chi connectivity index (χ0v) is 11.2. The molecule has 1 fully saturated rings. The van der Waals surface area contributed by atoms with Gasteiger partial charge in [0.1, 0.15) is 6.10 Å². The summed E-state index contributed by atoms with van der Waals surface area (Å²) in [6, 6.07) is 8.63. The van der Waals surface area contributed by atoms with Crippen LogP contribution in [0.15, 0.2) is 24.3 Å². The summed E-state index contributed by atoms with van der Waals surface area (Å²) in [5, 5.41) is 6.33. The van der Waals surface area contributed by atoms with Crippen molar-refractivity contribution in [3.05, 3.63) is 29.8 Å². The maximum atomic E-state index is 11.9.